The van der Waals surface area contributed by atoms with Crippen LogP contribution in [-0.2, 0) is 25.9 Å². The molecule has 0 aliphatic rings. The van der Waals surface area contributed by atoms with Gasteiger partial charge in [-0.2, -0.15) is 0 Å². The van der Waals surface area contributed by atoms with Gasteiger partial charge in [-0.15, -0.1) is 15.3 Å². The highest BCUT2D eigenvalue weighted by molar-refractivity contribution is 4.95. The van der Waals surface area contributed by atoms with Crippen LogP contribution in [0.4, 0.5) is 0 Å². The first-order valence-electron chi connectivity index (χ1n) is 9.93. The number of nitrogens with zero attached hydrogens (tertiary/aromatic N) is 6. The van der Waals surface area contributed by atoms with Crippen molar-refractivity contribution < 1.29 is 0 Å². The minimum absolute atomic E-state index is 0.632. The summed E-state index contributed by atoms with van der Waals surface area (Å²) in [5, 5.41) is 16.1. The van der Waals surface area contributed by atoms with Gasteiger partial charge in [0.25, 0.3) is 0 Å². The molecule has 0 radical (unpaired) electrons. The molecule has 0 spiro atoms. The van der Waals surface area contributed by atoms with Crippen LogP contribution in [0.1, 0.15) is 66.9 Å². The highest BCUT2D eigenvalue weighted by Crippen LogP contribution is 2.08. The Morgan fingerprint density at radius 1 is 0.769 bits per heavy atom. The van der Waals surface area contributed by atoms with E-state index < -0.39 is 0 Å². The summed E-state index contributed by atoms with van der Waals surface area (Å²) >= 11 is 0. The second kappa shape index (κ2) is 11.1. The SMILES string of the molecule is CC(C)Cc1cnnn1CC(C)C.CC(C)Cc1nncn1CC(C)C. The fourth-order valence-corrected chi connectivity index (χ4v) is 2.70. The number of rotatable bonds is 8. The van der Waals surface area contributed by atoms with Crippen molar-refractivity contribution in [2.45, 2.75) is 81.3 Å². The maximum atomic E-state index is 4.12. The van der Waals surface area contributed by atoms with E-state index in [1.54, 1.807) is 0 Å². The zero-order chi connectivity index (χ0) is 19.7. The van der Waals surface area contributed by atoms with Crippen molar-refractivity contribution in [2.75, 3.05) is 0 Å². The van der Waals surface area contributed by atoms with Crippen molar-refractivity contribution in [3.05, 3.63) is 24.0 Å². The lowest BCUT2D eigenvalue weighted by atomic mass is 10.1. The van der Waals surface area contributed by atoms with Crippen molar-refractivity contribution in [1.82, 2.24) is 29.8 Å². The van der Waals surface area contributed by atoms with Crippen molar-refractivity contribution in [1.29, 1.82) is 0 Å². The first kappa shape index (κ1) is 22.3. The van der Waals surface area contributed by atoms with Gasteiger partial charge in [-0.05, 0) is 30.1 Å². The molecule has 6 nitrogen and oxygen atoms in total. The van der Waals surface area contributed by atoms with Gasteiger partial charge in [0.05, 0.1) is 11.9 Å². The van der Waals surface area contributed by atoms with Crippen LogP contribution in [0.15, 0.2) is 12.5 Å². The Hall–Kier alpha value is -1.72. The summed E-state index contributed by atoms with van der Waals surface area (Å²) in [4.78, 5) is 0. The van der Waals surface area contributed by atoms with Crippen molar-refractivity contribution >= 4 is 0 Å². The molecule has 148 valence electrons. The highest BCUT2D eigenvalue weighted by Gasteiger charge is 2.08. The highest BCUT2D eigenvalue weighted by atomic mass is 15.4. The van der Waals surface area contributed by atoms with E-state index in [9.17, 15) is 0 Å². The molecule has 2 aromatic rings. The van der Waals surface area contributed by atoms with E-state index in [2.05, 4.69) is 80.5 Å². The summed E-state index contributed by atoms with van der Waals surface area (Å²) < 4.78 is 4.18. The van der Waals surface area contributed by atoms with Crippen LogP contribution in [0.25, 0.3) is 0 Å². The van der Waals surface area contributed by atoms with Crippen LogP contribution < -0.4 is 0 Å². The van der Waals surface area contributed by atoms with E-state index in [-0.39, 0.29) is 0 Å². The standard InChI is InChI=1S/2C10H19N3/c1-8(2)5-10-6-11-12-13(10)7-9(3)4;1-8(2)5-10-12-11-7-13(10)6-9(3)4/h6,8-9H,5,7H2,1-4H3;7-9H,5-6H2,1-4H3. The van der Waals surface area contributed by atoms with Crippen LogP contribution >= 0.6 is 0 Å². The second-order valence-corrected chi connectivity index (χ2v) is 8.79. The molecule has 0 saturated heterocycles. The van der Waals surface area contributed by atoms with Crippen molar-refractivity contribution in [2.24, 2.45) is 23.7 Å². The summed E-state index contributed by atoms with van der Waals surface area (Å²) in [5.74, 6) is 3.72. The molecule has 0 aliphatic heterocycles. The first-order valence-corrected chi connectivity index (χ1v) is 9.93. The number of aromatic nitrogens is 6. The molecule has 0 bridgehead atoms. The third-order valence-corrected chi connectivity index (χ3v) is 3.70. The smallest absolute Gasteiger partial charge is 0.133 e. The van der Waals surface area contributed by atoms with Crippen LogP contribution in [0, 0.1) is 23.7 Å². The van der Waals surface area contributed by atoms with Crippen LogP contribution in [-0.4, -0.2) is 29.8 Å². The molecule has 0 aromatic carbocycles. The average Bonchev–Trinajstić information content (AvgIpc) is 3.08. The molecule has 0 atom stereocenters. The van der Waals surface area contributed by atoms with Crippen molar-refractivity contribution in [3.63, 3.8) is 0 Å². The summed E-state index contributed by atoms with van der Waals surface area (Å²) in [5.41, 5.74) is 1.25. The van der Waals surface area contributed by atoms with Crippen molar-refractivity contribution in [3.8, 4) is 0 Å². The Kier molecular flexibility index (Phi) is 9.52. The summed E-state index contributed by atoms with van der Waals surface area (Å²) in [6.45, 7) is 19.6. The minimum Gasteiger partial charge on any atom is -0.317 e. The molecule has 2 aromatic heterocycles. The molecular weight excluding hydrogens is 324 g/mol. The van der Waals surface area contributed by atoms with E-state index in [1.807, 2.05) is 17.2 Å². The minimum atomic E-state index is 0.632. The topological polar surface area (TPSA) is 61.4 Å². The summed E-state index contributed by atoms with van der Waals surface area (Å²) in [7, 11) is 0. The lowest BCUT2D eigenvalue weighted by Crippen LogP contribution is -2.11. The molecule has 26 heavy (non-hydrogen) atoms. The Bertz CT molecular complexity index is 506. The first-order chi connectivity index (χ1) is 12.2. The quantitative estimate of drug-likeness (QED) is 0.704. The predicted molar refractivity (Wildman–Crippen MR) is 107 cm³/mol. The molecular formula is C20H38N6. The van der Waals surface area contributed by atoms with Gasteiger partial charge in [0.15, 0.2) is 0 Å². The van der Waals surface area contributed by atoms with Gasteiger partial charge in [0.2, 0.25) is 0 Å². The average molecular weight is 363 g/mol. The predicted octanol–water partition coefficient (Wildman–Crippen LogP) is 4.27. The van der Waals surface area contributed by atoms with Crippen LogP contribution in [0.3, 0.4) is 0 Å². The van der Waals surface area contributed by atoms with E-state index >= 15 is 0 Å². The molecule has 0 saturated carbocycles. The maximum absolute atomic E-state index is 4.12. The Balaban J connectivity index is 0.000000260. The van der Waals surface area contributed by atoms with E-state index in [0.717, 1.165) is 31.8 Å². The third kappa shape index (κ3) is 8.59. The zero-order valence-corrected chi connectivity index (χ0v) is 18.0. The van der Waals surface area contributed by atoms with Gasteiger partial charge >= 0.3 is 0 Å². The number of hydrogen-bond acceptors (Lipinski definition) is 4. The monoisotopic (exact) mass is 362 g/mol. The van der Waals surface area contributed by atoms with Crippen LogP contribution in [0.2, 0.25) is 0 Å². The van der Waals surface area contributed by atoms with Gasteiger partial charge in [-0.1, -0.05) is 60.6 Å². The summed E-state index contributed by atoms with van der Waals surface area (Å²) in [6.07, 6.45) is 5.80. The lowest BCUT2D eigenvalue weighted by molar-refractivity contribution is 0.449. The fourth-order valence-electron chi connectivity index (χ4n) is 2.70. The van der Waals surface area contributed by atoms with Crippen LogP contribution in [0.5, 0.6) is 0 Å². The molecule has 0 N–H and O–H groups in total. The Labute approximate surface area is 159 Å². The molecule has 6 heteroatoms. The molecule has 0 fully saturated rings. The van der Waals surface area contributed by atoms with E-state index in [1.165, 1.54) is 5.69 Å². The van der Waals surface area contributed by atoms with Gasteiger partial charge < -0.3 is 4.57 Å². The van der Waals surface area contributed by atoms with Gasteiger partial charge in [-0.3, -0.25) is 0 Å². The van der Waals surface area contributed by atoms with E-state index in [4.69, 9.17) is 0 Å². The molecule has 0 aliphatic carbocycles. The summed E-state index contributed by atoms with van der Waals surface area (Å²) in [6, 6.07) is 0. The molecule has 0 unspecified atom stereocenters. The largest absolute Gasteiger partial charge is 0.317 e. The fraction of sp³-hybridized carbons (Fsp3) is 0.800. The van der Waals surface area contributed by atoms with E-state index in [0.29, 0.717) is 23.7 Å². The molecule has 0 amide bonds. The molecule has 2 heterocycles. The van der Waals surface area contributed by atoms with Gasteiger partial charge in [-0.25, -0.2) is 4.68 Å². The lowest BCUT2D eigenvalue weighted by Gasteiger charge is -2.09. The molecule has 2 rings (SSSR count). The Morgan fingerprint density at radius 3 is 1.92 bits per heavy atom. The van der Waals surface area contributed by atoms with Gasteiger partial charge in [0, 0.05) is 19.5 Å². The third-order valence-electron chi connectivity index (χ3n) is 3.70. The maximum Gasteiger partial charge on any atom is 0.133 e. The number of hydrogen-bond donors (Lipinski definition) is 0. The normalized spacial score (nSPS) is 11.5. The Morgan fingerprint density at radius 2 is 1.38 bits per heavy atom. The zero-order valence-electron chi connectivity index (χ0n) is 18.0. The second-order valence-electron chi connectivity index (χ2n) is 8.79. The van der Waals surface area contributed by atoms with Gasteiger partial charge in [0.1, 0.15) is 12.2 Å².